The Morgan fingerprint density at radius 1 is 0.789 bits per heavy atom. The Labute approximate surface area is 220 Å². The van der Waals surface area contributed by atoms with Gasteiger partial charge in [-0.25, -0.2) is 12.7 Å². The summed E-state index contributed by atoms with van der Waals surface area (Å²) in [5.74, 6) is -1.18. The SMILES string of the molecule is Cc1ccc(S(=O)(=O)N2CC(c3ccc([N+](=O)[O-])cc3)C(c3ccccc3)=C(c3ccccc3)C2=O)cc1. The number of sulfonamides is 1. The molecule has 1 aliphatic heterocycles. The van der Waals surface area contributed by atoms with Crippen LogP contribution in [0.3, 0.4) is 0 Å². The van der Waals surface area contributed by atoms with Crippen molar-refractivity contribution in [3.8, 4) is 0 Å². The van der Waals surface area contributed by atoms with E-state index in [-0.39, 0.29) is 22.7 Å². The molecule has 1 atom stereocenters. The fourth-order valence-electron chi connectivity index (χ4n) is 4.75. The zero-order valence-electron chi connectivity index (χ0n) is 20.5. The number of rotatable bonds is 6. The first kappa shape index (κ1) is 25.1. The van der Waals surface area contributed by atoms with Crippen molar-refractivity contribution >= 4 is 32.8 Å². The molecule has 1 aliphatic rings. The van der Waals surface area contributed by atoms with E-state index in [0.29, 0.717) is 16.7 Å². The van der Waals surface area contributed by atoms with E-state index in [1.807, 2.05) is 43.3 Å². The van der Waals surface area contributed by atoms with E-state index in [9.17, 15) is 23.3 Å². The van der Waals surface area contributed by atoms with Crippen LogP contribution in [0.2, 0.25) is 0 Å². The molecule has 0 spiro atoms. The molecule has 0 N–H and O–H groups in total. The van der Waals surface area contributed by atoms with Gasteiger partial charge in [0.05, 0.1) is 15.4 Å². The molecule has 1 amide bonds. The lowest BCUT2D eigenvalue weighted by molar-refractivity contribution is -0.384. The molecule has 1 heterocycles. The minimum absolute atomic E-state index is 0.0227. The van der Waals surface area contributed by atoms with Crippen molar-refractivity contribution in [2.75, 3.05) is 6.54 Å². The monoisotopic (exact) mass is 524 g/mol. The third-order valence-electron chi connectivity index (χ3n) is 6.67. The van der Waals surface area contributed by atoms with Crippen molar-refractivity contribution in [3.63, 3.8) is 0 Å². The molecule has 1 unspecified atom stereocenters. The first-order valence-corrected chi connectivity index (χ1v) is 13.4. The zero-order chi connectivity index (χ0) is 26.9. The van der Waals surface area contributed by atoms with Crippen molar-refractivity contribution in [1.82, 2.24) is 4.31 Å². The van der Waals surface area contributed by atoms with Gasteiger partial charge in [0.2, 0.25) is 0 Å². The van der Waals surface area contributed by atoms with E-state index < -0.39 is 26.8 Å². The number of hydrogen-bond acceptors (Lipinski definition) is 5. The average molecular weight is 525 g/mol. The summed E-state index contributed by atoms with van der Waals surface area (Å²) in [6.45, 7) is 1.71. The third-order valence-corrected chi connectivity index (χ3v) is 8.43. The van der Waals surface area contributed by atoms with E-state index >= 15 is 0 Å². The molecule has 8 heteroatoms. The first-order valence-electron chi connectivity index (χ1n) is 12.0. The molecule has 0 saturated heterocycles. The van der Waals surface area contributed by atoms with Gasteiger partial charge in [-0.2, -0.15) is 0 Å². The molecule has 0 bridgehead atoms. The molecule has 0 aromatic heterocycles. The molecule has 190 valence electrons. The Morgan fingerprint density at radius 3 is 1.89 bits per heavy atom. The maximum atomic E-state index is 14.1. The number of carbonyl (C=O) groups excluding carboxylic acids is 1. The van der Waals surface area contributed by atoms with Gasteiger partial charge in [-0.3, -0.25) is 14.9 Å². The van der Waals surface area contributed by atoms with E-state index in [1.54, 1.807) is 48.5 Å². The predicted octanol–water partition coefficient (Wildman–Crippen LogP) is 5.83. The van der Waals surface area contributed by atoms with Gasteiger partial charge in [-0.1, -0.05) is 90.5 Å². The van der Waals surface area contributed by atoms with E-state index in [1.165, 1.54) is 24.3 Å². The summed E-state index contributed by atoms with van der Waals surface area (Å²) in [5, 5.41) is 11.3. The Morgan fingerprint density at radius 2 is 1.34 bits per heavy atom. The zero-order valence-corrected chi connectivity index (χ0v) is 21.3. The summed E-state index contributed by atoms with van der Waals surface area (Å²) < 4.78 is 28.6. The normalized spacial score (nSPS) is 16.0. The minimum Gasteiger partial charge on any atom is -0.268 e. The van der Waals surface area contributed by atoms with Crippen LogP contribution in [-0.4, -0.2) is 30.1 Å². The van der Waals surface area contributed by atoms with E-state index in [2.05, 4.69) is 0 Å². The van der Waals surface area contributed by atoms with Gasteiger partial charge < -0.3 is 0 Å². The highest BCUT2D eigenvalue weighted by atomic mass is 32.2. The molecule has 0 fully saturated rings. The molecule has 0 aliphatic carbocycles. The van der Waals surface area contributed by atoms with Crippen LogP contribution in [0.15, 0.2) is 114 Å². The van der Waals surface area contributed by atoms with Crippen molar-refractivity contribution in [3.05, 3.63) is 142 Å². The first-order chi connectivity index (χ1) is 18.3. The summed E-state index contributed by atoms with van der Waals surface area (Å²) in [6.07, 6.45) is 0. The minimum atomic E-state index is -4.20. The summed E-state index contributed by atoms with van der Waals surface area (Å²) in [7, 11) is -4.20. The summed E-state index contributed by atoms with van der Waals surface area (Å²) in [6, 6.07) is 30.8. The van der Waals surface area contributed by atoms with Crippen LogP contribution in [0.5, 0.6) is 0 Å². The maximum absolute atomic E-state index is 14.1. The van der Waals surface area contributed by atoms with Crippen LogP contribution >= 0.6 is 0 Å². The van der Waals surface area contributed by atoms with Crippen molar-refractivity contribution in [2.45, 2.75) is 17.7 Å². The van der Waals surface area contributed by atoms with Crippen molar-refractivity contribution < 1.29 is 18.1 Å². The number of nitrogens with zero attached hydrogens (tertiary/aromatic N) is 2. The quantitative estimate of drug-likeness (QED) is 0.234. The molecule has 0 saturated carbocycles. The van der Waals surface area contributed by atoms with E-state index in [0.717, 1.165) is 15.4 Å². The highest BCUT2D eigenvalue weighted by molar-refractivity contribution is 7.89. The number of carbonyl (C=O) groups is 1. The number of aryl methyl sites for hydroxylation is 1. The van der Waals surface area contributed by atoms with Gasteiger partial charge in [-0.15, -0.1) is 0 Å². The van der Waals surface area contributed by atoms with Crippen molar-refractivity contribution in [2.24, 2.45) is 0 Å². The summed E-state index contributed by atoms with van der Waals surface area (Å²) in [4.78, 5) is 24.9. The molecular weight excluding hydrogens is 500 g/mol. The molecule has 4 aromatic rings. The maximum Gasteiger partial charge on any atom is 0.269 e. The molecule has 7 nitrogen and oxygen atoms in total. The highest BCUT2D eigenvalue weighted by Crippen LogP contribution is 2.44. The van der Waals surface area contributed by atoms with Gasteiger partial charge in [0.1, 0.15) is 0 Å². The second-order valence-electron chi connectivity index (χ2n) is 9.08. The van der Waals surface area contributed by atoms with E-state index in [4.69, 9.17) is 0 Å². The van der Waals surface area contributed by atoms with Gasteiger partial charge in [0, 0.05) is 24.6 Å². The van der Waals surface area contributed by atoms with Crippen LogP contribution in [0.4, 0.5) is 5.69 Å². The van der Waals surface area contributed by atoms with Crippen LogP contribution in [0.25, 0.3) is 11.1 Å². The summed E-state index contributed by atoms with van der Waals surface area (Å²) >= 11 is 0. The smallest absolute Gasteiger partial charge is 0.268 e. The topological polar surface area (TPSA) is 97.6 Å². The number of nitro benzene ring substituents is 1. The molecule has 38 heavy (non-hydrogen) atoms. The molecule has 5 rings (SSSR count). The van der Waals surface area contributed by atoms with Crippen molar-refractivity contribution in [1.29, 1.82) is 0 Å². The second-order valence-corrected chi connectivity index (χ2v) is 10.9. The van der Waals surface area contributed by atoms with Crippen LogP contribution < -0.4 is 0 Å². The van der Waals surface area contributed by atoms with Gasteiger partial charge in [-0.05, 0) is 41.3 Å². The van der Waals surface area contributed by atoms with Crippen LogP contribution in [0, 0.1) is 17.0 Å². The Hall–Kier alpha value is -4.56. The number of hydrogen-bond donors (Lipinski definition) is 0. The fraction of sp³-hybridized carbons (Fsp3) is 0.100. The second kappa shape index (κ2) is 10.1. The average Bonchev–Trinajstić information content (AvgIpc) is 2.94. The lowest BCUT2D eigenvalue weighted by atomic mass is 9.79. The Balaban J connectivity index is 1.77. The van der Waals surface area contributed by atoms with Crippen LogP contribution in [-0.2, 0) is 14.8 Å². The van der Waals surface area contributed by atoms with Crippen LogP contribution in [0.1, 0.15) is 28.2 Å². The Kier molecular flexibility index (Phi) is 6.65. The van der Waals surface area contributed by atoms with Gasteiger partial charge >= 0.3 is 0 Å². The number of benzene rings is 4. The number of non-ortho nitro benzene ring substituents is 1. The molecular formula is C30H24N2O5S. The number of nitro groups is 1. The highest BCUT2D eigenvalue weighted by Gasteiger charge is 2.41. The lowest BCUT2D eigenvalue weighted by Gasteiger charge is -2.36. The lowest BCUT2D eigenvalue weighted by Crippen LogP contribution is -2.44. The van der Waals surface area contributed by atoms with Gasteiger partial charge in [0.15, 0.2) is 0 Å². The summed E-state index contributed by atoms with van der Waals surface area (Å²) in [5.41, 5.74) is 3.81. The third kappa shape index (κ3) is 4.62. The fourth-order valence-corrected chi connectivity index (χ4v) is 6.14. The molecule has 0 radical (unpaired) electrons. The standard InChI is InChI=1S/C30H24N2O5S/c1-21-12-18-26(19-13-21)38(36,37)31-20-27(22-14-16-25(17-15-22)32(34)35)28(23-8-4-2-5-9-23)29(30(31)33)24-10-6-3-7-11-24/h2-19,27H,20H2,1H3. The number of amides is 1. The molecule has 4 aromatic carbocycles. The largest absolute Gasteiger partial charge is 0.269 e. The predicted molar refractivity (Wildman–Crippen MR) is 146 cm³/mol. The Bertz CT molecular complexity index is 1630. The van der Waals surface area contributed by atoms with Gasteiger partial charge in [0.25, 0.3) is 21.6 Å².